The Morgan fingerprint density at radius 3 is 2.80 bits per heavy atom. The number of carboxylic acids is 1. The van der Waals surface area contributed by atoms with Gasteiger partial charge in [0.1, 0.15) is 0 Å². The van der Waals surface area contributed by atoms with Crippen LogP contribution in [-0.4, -0.2) is 25.8 Å². The molecule has 5 nitrogen and oxygen atoms in total. The van der Waals surface area contributed by atoms with E-state index >= 15 is 0 Å². The van der Waals surface area contributed by atoms with E-state index in [9.17, 15) is 4.79 Å². The van der Waals surface area contributed by atoms with Gasteiger partial charge in [-0.25, -0.2) is 4.79 Å². The lowest BCUT2D eigenvalue weighted by Crippen LogP contribution is -2.06. The van der Waals surface area contributed by atoms with Crippen LogP contribution in [0.15, 0.2) is 36.5 Å². The van der Waals surface area contributed by atoms with E-state index < -0.39 is 5.97 Å². The molecule has 1 aromatic carbocycles. The zero-order chi connectivity index (χ0) is 14.3. The van der Waals surface area contributed by atoms with Crippen molar-refractivity contribution >= 4 is 16.9 Å². The Balaban J connectivity index is 2.25. The lowest BCUT2D eigenvalue weighted by molar-refractivity contribution is 0.0689. The molecule has 3 aromatic rings. The normalized spacial score (nSPS) is 11.3. The van der Waals surface area contributed by atoms with E-state index in [1.54, 1.807) is 10.7 Å². The monoisotopic (exact) mass is 269 g/mol. The Morgan fingerprint density at radius 1 is 1.35 bits per heavy atom. The number of carbonyl (C=O) groups is 1. The fourth-order valence-corrected chi connectivity index (χ4v) is 2.38. The van der Waals surface area contributed by atoms with Crippen LogP contribution in [0.2, 0.25) is 0 Å². The molecule has 0 aliphatic heterocycles. The summed E-state index contributed by atoms with van der Waals surface area (Å²) in [5, 5.41) is 14.4. The molecule has 3 rings (SSSR count). The molecule has 5 heteroatoms. The maximum atomic E-state index is 11.1. The van der Waals surface area contributed by atoms with Crippen LogP contribution < -0.4 is 0 Å². The number of hydrogen-bond donors (Lipinski definition) is 2. The van der Waals surface area contributed by atoms with Crippen molar-refractivity contribution in [2.24, 2.45) is 0 Å². The van der Waals surface area contributed by atoms with Gasteiger partial charge < -0.3 is 10.1 Å². The van der Waals surface area contributed by atoms with E-state index in [1.807, 2.05) is 44.3 Å². The van der Waals surface area contributed by atoms with Crippen LogP contribution in [0.25, 0.3) is 22.2 Å². The van der Waals surface area contributed by atoms with E-state index in [0.29, 0.717) is 0 Å². The Kier molecular flexibility index (Phi) is 2.82. The van der Waals surface area contributed by atoms with E-state index in [1.165, 1.54) is 0 Å². The predicted octanol–water partition coefficient (Wildman–Crippen LogP) is 3.31. The van der Waals surface area contributed by atoms with E-state index in [2.05, 4.69) is 10.1 Å². The molecule has 102 valence electrons. The molecular weight excluding hydrogens is 254 g/mol. The average Bonchev–Trinajstić information content (AvgIpc) is 3.02. The number of para-hydroxylation sites is 1. The minimum atomic E-state index is -1.01. The standard InChI is InChI=1S/C15H15N3O2/c1-9(2)18-14(7-13(17-18)15(19)20)11-8-16-12-6-4-3-5-10(11)12/h3-9,16H,1-2H3,(H,19,20). The number of hydrogen-bond acceptors (Lipinski definition) is 2. The average molecular weight is 269 g/mol. The van der Waals surface area contributed by atoms with Crippen molar-refractivity contribution in [2.75, 3.05) is 0 Å². The van der Waals surface area contributed by atoms with Gasteiger partial charge in [0.15, 0.2) is 5.69 Å². The highest BCUT2D eigenvalue weighted by molar-refractivity contribution is 5.96. The third-order valence-corrected chi connectivity index (χ3v) is 3.31. The van der Waals surface area contributed by atoms with Crippen LogP contribution in [0, 0.1) is 0 Å². The zero-order valence-corrected chi connectivity index (χ0v) is 11.3. The summed E-state index contributed by atoms with van der Waals surface area (Å²) in [5.74, 6) is -1.01. The highest BCUT2D eigenvalue weighted by Crippen LogP contribution is 2.30. The van der Waals surface area contributed by atoms with Crippen LogP contribution in [-0.2, 0) is 0 Å². The third-order valence-electron chi connectivity index (χ3n) is 3.31. The largest absolute Gasteiger partial charge is 0.476 e. The molecule has 0 amide bonds. The van der Waals surface area contributed by atoms with E-state index in [-0.39, 0.29) is 11.7 Å². The summed E-state index contributed by atoms with van der Waals surface area (Å²) in [4.78, 5) is 14.3. The Morgan fingerprint density at radius 2 is 2.10 bits per heavy atom. The molecule has 2 aromatic heterocycles. The Hall–Kier alpha value is -2.56. The first-order valence-electron chi connectivity index (χ1n) is 6.47. The van der Waals surface area contributed by atoms with Crippen LogP contribution >= 0.6 is 0 Å². The third kappa shape index (κ3) is 1.87. The smallest absolute Gasteiger partial charge is 0.356 e. The number of H-pyrrole nitrogens is 1. The SMILES string of the molecule is CC(C)n1nc(C(=O)O)cc1-c1c[nH]c2ccccc12. The van der Waals surface area contributed by atoms with Crippen molar-refractivity contribution in [1.82, 2.24) is 14.8 Å². The first-order valence-corrected chi connectivity index (χ1v) is 6.47. The van der Waals surface area contributed by atoms with Gasteiger partial charge in [-0.05, 0) is 26.0 Å². The van der Waals surface area contributed by atoms with Gasteiger partial charge >= 0.3 is 5.97 Å². The Labute approximate surface area is 115 Å². The molecule has 0 aliphatic rings. The summed E-state index contributed by atoms with van der Waals surface area (Å²) < 4.78 is 1.75. The van der Waals surface area contributed by atoms with Crippen molar-refractivity contribution in [1.29, 1.82) is 0 Å². The summed E-state index contributed by atoms with van der Waals surface area (Å²) in [7, 11) is 0. The van der Waals surface area contributed by atoms with Crippen molar-refractivity contribution in [3.8, 4) is 11.3 Å². The number of carboxylic acid groups (broad SMARTS) is 1. The quantitative estimate of drug-likeness (QED) is 0.766. The summed E-state index contributed by atoms with van der Waals surface area (Å²) in [5.41, 5.74) is 2.87. The van der Waals surface area contributed by atoms with Gasteiger partial charge in [-0.3, -0.25) is 4.68 Å². The maximum Gasteiger partial charge on any atom is 0.356 e. The lowest BCUT2D eigenvalue weighted by atomic mass is 10.1. The van der Waals surface area contributed by atoms with Gasteiger partial charge in [0.25, 0.3) is 0 Å². The van der Waals surface area contributed by atoms with E-state index in [4.69, 9.17) is 5.11 Å². The minimum absolute atomic E-state index is 0.0685. The van der Waals surface area contributed by atoms with Gasteiger partial charge in [0.2, 0.25) is 0 Å². The fraction of sp³-hybridized carbons (Fsp3) is 0.200. The number of fused-ring (bicyclic) bond motifs is 1. The van der Waals surface area contributed by atoms with Gasteiger partial charge in [-0.1, -0.05) is 18.2 Å². The molecule has 0 radical (unpaired) electrons. The van der Waals surface area contributed by atoms with Crippen LogP contribution in [0.1, 0.15) is 30.4 Å². The molecule has 0 unspecified atom stereocenters. The minimum Gasteiger partial charge on any atom is -0.476 e. The summed E-state index contributed by atoms with van der Waals surface area (Å²) in [6.07, 6.45) is 1.90. The number of aromatic carboxylic acids is 1. The maximum absolute atomic E-state index is 11.1. The van der Waals surface area contributed by atoms with Gasteiger partial charge in [-0.15, -0.1) is 0 Å². The molecule has 0 spiro atoms. The lowest BCUT2D eigenvalue weighted by Gasteiger charge is -2.10. The van der Waals surface area contributed by atoms with Gasteiger partial charge in [-0.2, -0.15) is 5.10 Å². The molecule has 0 atom stereocenters. The number of benzene rings is 1. The summed E-state index contributed by atoms with van der Waals surface area (Å²) in [6.45, 7) is 3.97. The summed E-state index contributed by atoms with van der Waals surface area (Å²) >= 11 is 0. The molecule has 20 heavy (non-hydrogen) atoms. The molecular formula is C15H15N3O2. The van der Waals surface area contributed by atoms with Crippen LogP contribution in [0.4, 0.5) is 0 Å². The van der Waals surface area contributed by atoms with Crippen molar-refractivity contribution in [3.05, 3.63) is 42.2 Å². The van der Waals surface area contributed by atoms with Crippen LogP contribution in [0.5, 0.6) is 0 Å². The highest BCUT2D eigenvalue weighted by Gasteiger charge is 2.18. The number of rotatable bonds is 3. The summed E-state index contributed by atoms with van der Waals surface area (Å²) in [6, 6.07) is 9.65. The highest BCUT2D eigenvalue weighted by atomic mass is 16.4. The number of nitrogens with zero attached hydrogens (tertiary/aromatic N) is 2. The topological polar surface area (TPSA) is 70.9 Å². The fourth-order valence-electron chi connectivity index (χ4n) is 2.38. The molecule has 2 N–H and O–H groups in total. The molecule has 0 aliphatic carbocycles. The molecule has 0 fully saturated rings. The predicted molar refractivity (Wildman–Crippen MR) is 76.9 cm³/mol. The second-order valence-corrected chi connectivity index (χ2v) is 5.01. The van der Waals surface area contributed by atoms with Crippen molar-refractivity contribution in [3.63, 3.8) is 0 Å². The van der Waals surface area contributed by atoms with Gasteiger partial charge in [0, 0.05) is 28.7 Å². The molecule has 0 bridgehead atoms. The number of aromatic nitrogens is 3. The Bertz CT molecular complexity index is 783. The zero-order valence-electron chi connectivity index (χ0n) is 11.3. The first-order chi connectivity index (χ1) is 9.58. The molecule has 0 saturated heterocycles. The van der Waals surface area contributed by atoms with Crippen molar-refractivity contribution < 1.29 is 9.90 Å². The van der Waals surface area contributed by atoms with Crippen LogP contribution in [0.3, 0.4) is 0 Å². The molecule has 2 heterocycles. The second-order valence-electron chi connectivity index (χ2n) is 5.01. The first kappa shape index (κ1) is 12.5. The molecule has 0 saturated carbocycles. The second kappa shape index (κ2) is 4.52. The van der Waals surface area contributed by atoms with Gasteiger partial charge in [0.05, 0.1) is 5.69 Å². The number of aromatic amines is 1. The van der Waals surface area contributed by atoms with E-state index in [0.717, 1.165) is 22.2 Å². The van der Waals surface area contributed by atoms with Crippen molar-refractivity contribution in [2.45, 2.75) is 19.9 Å². The number of nitrogens with one attached hydrogen (secondary N) is 1.